The third-order valence-electron chi connectivity index (χ3n) is 2.69. The fourth-order valence-corrected chi connectivity index (χ4v) is 3.61. The van der Waals surface area contributed by atoms with Crippen LogP contribution >= 0.6 is 39.5 Å². The van der Waals surface area contributed by atoms with Crippen LogP contribution in [0.25, 0.3) is 11.0 Å². The van der Waals surface area contributed by atoms with E-state index in [1.54, 1.807) is 11.8 Å². The van der Waals surface area contributed by atoms with Crippen molar-refractivity contribution in [3.63, 3.8) is 0 Å². The summed E-state index contributed by atoms with van der Waals surface area (Å²) in [6.07, 6.45) is 1.88. The van der Waals surface area contributed by atoms with E-state index in [1.807, 2.05) is 24.3 Å². The minimum Gasteiger partial charge on any atom is -0.481 e. The number of aliphatic carboxylic acids is 1. The van der Waals surface area contributed by atoms with Crippen LogP contribution in [0.5, 0.6) is 0 Å². The molecule has 0 aliphatic rings. The molecule has 0 saturated carbocycles. The summed E-state index contributed by atoms with van der Waals surface area (Å²) >= 11 is 6.49. The van der Waals surface area contributed by atoms with Gasteiger partial charge in [0.1, 0.15) is 0 Å². The molecule has 7 heteroatoms. The van der Waals surface area contributed by atoms with Crippen LogP contribution in [0, 0.1) is 0 Å². The Morgan fingerprint density at radius 1 is 1.52 bits per heavy atom. The van der Waals surface area contributed by atoms with Crippen LogP contribution in [-0.4, -0.2) is 37.9 Å². The van der Waals surface area contributed by atoms with Crippen LogP contribution in [0.4, 0.5) is 0 Å². The van der Waals surface area contributed by atoms with Gasteiger partial charge in [-0.1, -0.05) is 33.8 Å². The number of halogens is 1. The molecule has 0 radical (unpaired) electrons. The Balaban J connectivity index is 2.25. The first kappa shape index (κ1) is 16.5. The lowest BCUT2D eigenvalue weighted by atomic mass is 10.3. The second-order valence-electron chi connectivity index (χ2n) is 4.23. The van der Waals surface area contributed by atoms with E-state index in [4.69, 9.17) is 5.11 Å². The van der Waals surface area contributed by atoms with Crippen molar-refractivity contribution in [3.05, 3.63) is 35.3 Å². The van der Waals surface area contributed by atoms with Crippen molar-refractivity contribution in [2.24, 2.45) is 0 Å². The number of nitrogens with zero attached hydrogens (tertiary/aromatic N) is 2. The molecule has 0 unspecified atom stereocenters. The number of hydrogen-bond donors (Lipinski definition) is 1. The Kier molecular flexibility index (Phi) is 6.20. The number of carboxylic acids is 1. The second kappa shape index (κ2) is 7.91. The van der Waals surface area contributed by atoms with Crippen molar-refractivity contribution in [2.45, 2.75) is 11.7 Å². The van der Waals surface area contributed by atoms with Gasteiger partial charge in [-0.2, -0.15) is 11.8 Å². The molecule has 112 valence electrons. The first-order chi connectivity index (χ1) is 10.1. The zero-order chi connectivity index (χ0) is 15.2. The summed E-state index contributed by atoms with van der Waals surface area (Å²) < 4.78 is 3.06. The van der Waals surface area contributed by atoms with Gasteiger partial charge in [0.15, 0.2) is 5.16 Å². The number of hydrogen-bond acceptors (Lipinski definition) is 4. The zero-order valence-corrected chi connectivity index (χ0v) is 14.5. The molecule has 2 rings (SSSR count). The van der Waals surface area contributed by atoms with E-state index in [2.05, 4.69) is 32.1 Å². The minimum atomic E-state index is -0.833. The summed E-state index contributed by atoms with van der Waals surface area (Å²) in [7, 11) is 0. The van der Waals surface area contributed by atoms with Gasteiger partial charge in [0.05, 0.1) is 16.8 Å². The number of rotatable bonds is 8. The molecule has 0 aliphatic heterocycles. The van der Waals surface area contributed by atoms with Gasteiger partial charge in [0.25, 0.3) is 0 Å². The fraction of sp³-hybridized carbons (Fsp3) is 0.286. The van der Waals surface area contributed by atoms with E-state index in [0.29, 0.717) is 0 Å². The predicted octanol–water partition coefficient (Wildman–Crippen LogP) is 3.89. The Bertz CT molecular complexity index is 658. The van der Waals surface area contributed by atoms with Crippen LogP contribution in [0.1, 0.15) is 0 Å². The minimum absolute atomic E-state index is 0.0181. The van der Waals surface area contributed by atoms with Crippen LogP contribution in [0.2, 0.25) is 0 Å². The maximum atomic E-state index is 10.8. The standard InChI is InChI=1S/C14H15BrN2O2S2/c1-2-6-20-7-5-17-12-4-3-10(15)8-11(12)16-14(17)21-9-13(18)19/h2-4,8H,1,5-7,9H2,(H,18,19). The summed E-state index contributed by atoms with van der Waals surface area (Å²) in [5, 5.41) is 9.60. The van der Waals surface area contributed by atoms with Gasteiger partial charge in [-0.3, -0.25) is 4.79 Å². The second-order valence-corrected chi connectivity index (χ2v) is 7.23. The lowest BCUT2D eigenvalue weighted by Gasteiger charge is -2.07. The highest BCUT2D eigenvalue weighted by Gasteiger charge is 2.12. The third-order valence-corrected chi connectivity index (χ3v) is 5.09. The molecule has 0 fully saturated rings. The van der Waals surface area contributed by atoms with Gasteiger partial charge in [0.2, 0.25) is 0 Å². The summed E-state index contributed by atoms with van der Waals surface area (Å²) in [5.41, 5.74) is 1.91. The highest BCUT2D eigenvalue weighted by molar-refractivity contribution is 9.10. The molecule has 0 saturated heterocycles. The monoisotopic (exact) mass is 386 g/mol. The van der Waals surface area contributed by atoms with E-state index in [9.17, 15) is 4.79 Å². The van der Waals surface area contributed by atoms with Crippen LogP contribution in [0.3, 0.4) is 0 Å². The molecule has 21 heavy (non-hydrogen) atoms. The van der Waals surface area contributed by atoms with Crippen molar-refractivity contribution in [2.75, 3.05) is 17.3 Å². The zero-order valence-electron chi connectivity index (χ0n) is 11.3. The molecule has 1 N–H and O–H groups in total. The van der Waals surface area contributed by atoms with E-state index in [1.165, 1.54) is 11.8 Å². The van der Waals surface area contributed by atoms with Gasteiger partial charge < -0.3 is 9.67 Å². The molecule has 2 aromatic rings. The molecule has 0 aliphatic carbocycles. The summed E-state index contributed by atoms with van der Waals surface area (Å²) in [6.45, 7) is 4.51. The maximum absolute atomic E-state index is 10.8. The quantitative estimate of drug-likeness (QED) is 0.423. The molecule has 0 spiro atoms. The molecular weight excluding hydrogens is 372 g/mol. The largest absolute Gasteiger partial charge is 0.481 e. The molecule has 4 nitrogen and oxygen atoms in total. The molecule has 1 aromatic carbocycles. The van der Waals surface area contributed by atoms with Gasteiger partial charge in [-0.05, 0) is 18.2 Å². The molecule has 0 bridgehead atoms. The van der Waals surface area contributed by atoms with Gasteiger partial charge in [-0.25, -0.2) is 4.98 Å². The smallest absolute Gasteiger partial charge is 0.313 e. The van der Waals surface area contributed by atoms with Gasteiger partial charge >= 0.3 is 5.97 Å². The SMILES string of the molecule is C=CCSCCn1c(SCC(=O)O)nc2cc(Br)ccc21. The highest BCUT2D eigenvalue weighted by Crippen LogP contribution is 2.26. The normalized spacial score (nSPS) is 10.9. The number of aromatic nitrogens is 2. The van der Waals surface area contributed by atoms with Crippen LogP contribution in [-0.2, 0) is 11.3 Å². The number of imidazole rings is 1. The van der Waals surface area contributed by atoms with Crippen molar-refractivity contribution < 1.29 is 9.90 Å². The Hall–Kier alpha value is -0.920. The average Bonchev–Trinajstić information content (AvgIpc) is 2.78. The lowest BCUT2D eigenvalue weighted by Crippen LogP contribution is -2.05. The Morgan fingerprint density at radius 3 is 3.05 bits per heavy atom. The van der Waals surface area contributed by atoms with E-state index < -0.39 is 5.97 Å². The first-order valence-corrected chi connectivity index (χ1v) is 9.24. The summed E-state index contributed by atoms with van der Waals surface area (Å²) in [6, 6.07) is 5.94. The summed E-state index contributed by atoms with van der Waals surface area (Å²) in [5.74, 6) is 1.04. The van der Waals surface area contributed by atoms with Crippen molar-refractivity contribution in [3.8, 4) is 0 Å². The lowest BCUT2D eigenvalue weighted by molar-refractivity contribution is -0.133. The van der Waals surface area contributed by atoms with Crippen molar-refractivity contribution >= 4 is 56.5 Å². The third kappa shape index (κ3) is 4.52. The molecular formula is C14H15BrN2O2S2. The Labute approximate surface area is 140 Å². The van der Waals surface area contributed by atoms with E-state index >= 15 is 0 Å². The van der Waals surface area contributed by atoms with Crippen LogP contribution < -0.4 is 0 Å². The number of thioether (sulfide) groups is 2. The molecule has 0 amide bonds. The predicted molar refractivity (Wildman–Crippen MR) is 93.3 cm³/mol. The number of fused-ring (bicyclic) bond motifs is 1. The van der Waals surface area contributed by atoms with Gasteiger partial charge in [0, 0.05) is 22.5 Å². The molecule has 0 atom stereocenters. The summed E-state index contributed by atoms with van der Waals surface area (Å²) in [4.78, 5) is 15.3. The van der Waals surface area contributed by atoms with Crippen molar-refractivity contribution in [1.82, 2.24) is 9.55 Å². The molecule has 1 heterocycles. The number of benzene rings is 1. The van der Waals surface area contributed by atoms with Gasteiger partial charge in [-0.15, -0.1) is 6.58 Å². The average molecular weight is 387 g/mol. The number of carbonyl (C=O) groups is 1. The molecule has 1 aromatic heterocycles. The van der Waals surface area contributed by atoms with E-state index in [0.717, 1.165) is 38.7 Å². The fourth-order valence-electron chi connectivity index (χ4n) is 1.86. The highest BCUT2D eigenvalue weighted by atomic mass is 79.9. The Morgan fingerprint density at radius 2 is 2.33 bits per heavy atom. The van der Waals surface area contributed by atoms with E-state index in [-0.39, 0.29) is 5.75 Å². The van der Waals surface area contributed by atoms with Crippen molar-refractivity contribution in [1.29, 1.82) is 0 Å². The van der Waals surface area contributed by atoms with Crippen LogP contribution in [0.15, 0.2) is 40.5 Å². The number of aryl methyl sites for hydroxylation is 1. The maximum Gasteiger partial charge on any atom is 0.313 e. The number of carboxylic acid groups (broad SMARTS) is 1. The topological polar surface area (TPSA) is 55.1 Å². The first-order valence-electron chi connectivity index (χ1n) is 6.31.